The van der Waals surface area contributed by atoms with Gasteiger partial charge in [0.1, 0.15) is 16.5 Å². The minimum absolute atomic E-state index is 0.0338. The van der Waals surface area contributed by atoms with Crippen LogP contribution in [-0.2, 0) is 10.0 Å². The Hall–Kier alpha value is -1.86. The Morgan fingerprint density at radius 2 is 1.81 bits per heavy atom. The lowest BCUT2D eigenvalue weighted by Crippen LogP contribution is -2.14. The van der Waals surface area contributed by atoms with E-state index in [9.17, 15) is 17.2 Å². The molecular weight excluding hydrogens is 322 g/mol. The average Bonchev–Trinajstić information content (AvgIpc) is 2.31. The highest BCUT2D eigenvalue weighted by Gasteiger charge is 2.20. The summed E-state index contributed by atoms with van der Waals surface area (Å²) < 4.78 is 53.1. The van der Waals surface area contributed by atoms with Gasteiger partial charge in [-0.25, -0.2) is 17.2 Å². The van der Waals surface area contributed by atoms with E-state index in [1.807, 2.05) is 0 Å². The lowest BCUT2D eigenvalue weighted by molar-refractivity contribution is 0.600. The van der Waals surface area contributed by atoms with E-state index in [-0.39, 0.29) is 21.3 Å². The Balaban J connectivity index is 2.45. The second kappa shape index (κ2) is 5.50. The molecule has 2 aromatic carbocycles. The predicted molar refractivity (Wildman–Crippen MR) is 77.8 cm³/mol. The van der Waals surface area contributed by atoms with Crippen LogP contribution in [0.25, 0.3) is 0 Å². The van der Waals surface area contributed by atoms with Gasteiger partial charge >= 0.3 is 0 Å². The van der Waals surface area contributed by atoms with Crippen LogP contribution in [-0.4, -0.2) is 8.42 Å². The monoisotopic (exact) mass is 332 g/mol. The summed E-state index contributed by atoms with van der Waals surface area (Å²) in [5.41, 5.74) is 5.56. The molecule has 0 heterocycles. The van der Waals surface area contributed by atoms with Gasteiger partial charge in [-0.3, -0.25) is 4.72 Å². The maximum atomic E-state index is 13.3. The Morgan fingerprint density at radius 3 is 2.43 bits per heavy atom. The first kappa shape index (κ1) is 15.5. The second-order valence-electron chi connectivity index (χ2n) is 4.43. The lowest BCUT2D eigenvalue weighted by atomic mass is 10.2. The molecule has 0 spiro atoms. The van der Waals surface area contributed by atoms with Gasteiger partial charge in [0.25, 0.3) is 10.0 Å². The molecule has 0 aliphatic rings. The lowest BCUT2D eigenvalue weighted by Gasteiger charge is -2.11. The quantitative estimate of drug-likeness (QED) is 0.847. The van der Waals surface area contributed by atoms with Crippen molar-refractivity contribution in [3.63, 3.8) is 0 Å². The molecule has 112 valence electrons. The summed E-state index contributed by atoms with van der Waals surface area (Å²) in [7, 11) is -4.11. The zero-order valence-electron chi connectivity index (χ0n) is 10.8. The van der Waals surface area contributed by atoms with Crippen molar-refractivity contribution in [2.75, 3.05) is 10.5 Å². The highest BCUT2D eigenvalue weighted by molar-refractivity contribution is 7.92. The molecule has 2 aromatic rings. The minimum atomic E-state index is -4.11. The number of benzene rings is 2. The SMILES string of the molecule is Cc1cc(F)cc(NS(=O)(=O)c2cc(N)c(F)cc2Cl)c1. The molecule has 0 radical (unpaired) electrons. The van der Waals surface area contributed by atoms with Crippen molar-refractivity contribution in [3.05, 3.63) is 52.6 Å². The first-order chi connectivity index (χ1) is 9.69. The molecule has 4 nitrogen and oxygen atoms in total. The molecule has 0 atom stereocenters. The number of aryl methyl sites for hydroxylation is 1. The Labute approximate surface area is 125 Å². The summed E-state index contributed by atoms with van der Waals surface area (Å²) >= 11 is 5.73. The number of nitrogens with two attached hydrogens (primary N) is 1. The zero-order chi connectivity index (χ0) is 15.8. The molecule has 0 fully saturated rings. The van der Waals surface area contributed by atoms with E-state index in [4.69, 9.17) is 17.3 Å². The molecule has 3 N–H and O–H groups in total. The van der Waals surface area contributed by atoms with Gasteiger partial charge in [0, 0.05) is 0 Å². The number of nitrogens with one attached hydrogen (secondary N) is 1. The number of rotatable bonds is 3. The van der Waals surface area contributed by atoms with Crippen LogP contribution in [0.2, 0.25) is 5.02 Å². The van der Waals surface area contributed by atoms with E-state index in [1.165, 1.54) is 12.1 Å². The summed E-state index contributed by atoms with van der Waals surface area (Å²) in [5, 5.41) is -0.317. The maximum Gasteiger partial charge on any atom is 0.263 e. The Kier molecular flexibility index (Phi) is 4.06. The Bertz CT molecular complexity index is 790. The van der Waals surface area contributed by atoms with Gasteiger partial charge in [-0.05, 0) is 42.8 Å². The van der Waals surface area contributed by atoms with Crippen molar-refractivity contribution in [1.29, 1.82) is 0 Å². The molecule has 0 amide bonds. The number of hydrogen-bond acceptors (Lipinski definition) is 3. The van der Waals surface area contributed by atoms with E-state index in [0.717, 1.165) is 18.2 Å². The molecule has 0 unspecified atom stereocenters. The van der Waals surface area contributed by atoms with Crippen molar-refractivity contribution in [2.45, 2.75) is 11.8 Å². The van der Waals surface area contributed by atoms with Crippen molar-refractivity contribution in [1.82, 2.24) is 0 Å². The van der Waals surface area contributed by atoms with Crippen LogP contribution in [0.4, 0.5) is 20.2 Å². The fourth-order valence-corrected chi connectivity index (χ4v) is 3.35. The topological polar surface area (TPSA) is 72.2 Å². The summed E-state index contributed by atoms with van der Waals surface area (Å²) in [6, 6.07) is 5.43. The van der Waals surface area contributed by atoms with E-state index < -0.39 is 21.7 Å². The van der Waals surface area contributed by atoms with Gasteiger partial charge in [0.05, 0.1) is 16.4 Å². The molecule has 0 aliphatic heterocycles. The van der Waals surface area contributed by atoms with Crippen LogP contribution < -0.4 is 10.5 Å². The van der Waals surface area contributed by atoms with Crippen molar-refractivity contribution in [2.24, 2.45) is 0 Å². The van der Waals surface area contributed by atoms with Crippen LogP contribution in [0.5, 0.6) is 0 Å². The number of sulfonamides is 1. The summed E-state index contributed by atoms with van der Waals surface area (Å²) in [4.78, 5) is -0.384. The van der Waals surface area contributed by atoms with Crippen LogP contribution in [0.15, 0.2) is 35.2 Å². The number of nitrogen functional groups attached to an aromatic ring is 1. The van der Waals surface area contributed by atoms with Crippen molar-refractivity contribution < 1.29 is 17.2 Å². The van der Waals surface area contributed by atoms with Gasteiger partial charge in [-0.2, -0.15) is 0 Å². The highest BCUT2D eigenvalue weighted by atomic mass is 35.5. The van der Waals surface area contributed by atoms with Gasteiger partial charge < -0.3 is 5.73 Å². The third-order valence-corrected chi connectivity index (χ3v) is 4.48. The molecule has 0 bridgehead atoms. The average molecular weight is 333 g/mol. The minimum Gasteiger partial charge on any atom is -0.396 e. The van der Waals surface area contributed by atoms with Crippen molar-refractivity contribution in [3.8, 4) is 0 Å². The highest BCUT2D eigenvalue weighted by Crippen LogP contribution is 2.28. The summed E-state index contributed by atoms with van der Waals surface area (Å²) in [5.74, 6) is -1.40. The fraction of sp³-hybridized carbons (Fsp3) is 0.0769. The largest absolute Gasteiger partial charge is 0.396 e. The molecule has 8 heteroatoms. The summed E-state index contributed by atoms with van der Waals surface area (Å²) in [6.45, 7) is 1.61. The number of anilines is 2. The molecular formula is C13H11ClF2N2O2S. The van der Waals surface area contributed by atoms with Crippen LogP contribution in [0.3, 0.4) is 0 Å². The van der Waals surface area contributed by atoms with E-state index in [1.54, 1.807) is 6.92 Å². The van der Waals surface area contributed by atoms with Gasteiger partial charge in [0.15, 0.2) is 0 Å². The normalized spacial score (nSPS) is 11.4. The molecule has 0 saturated heterocycles. The van der Waals surface area contributed by atoms with Crippen LogP contribution >= 0.6 is 11.6 Å². The smallest absolute Gasteiger partial charge is 0.263 e. The van der Waals surface area contributed by atoms with E-state index in [0.29, 0.717) is 5.56 Å². The fourth-order valence-electron chi connectivity index (χ4n) is 1.76. The molecule has 2 rings (SSSR count). The standard InChI is InChI=1S/C13H11ClF2N2O2S/c1-7-2-8(15)4-9(3-7)18-21(19,20)13-6-12(17)11(16)5-10(13)14/h2-6,18H,17H2,1H3. The third-order valence-electron chi connectivity index (χ3n) is 2.64. The van der Waals surface area contributed by atoms with E-state index in [2.05, 4.69) is 4.72 Å². The Morgan fingerprint density at radius 1 is 1.14 bits per heavy atom. The zero-order valence-corrected chi connectivity index (χ0v) is 12.4. The van der Waals surface area contributed by atoms with Gasteiger partial charge in [-0.15, -0.1) is 0 Å². The third kappa shape index (κ3) is 3.43. The second-order valence-corrected chi connectivity index (χ2v) is 6.48. The van der Waals surface area contributed by atoms with Gasteiger partial charge in [-0.1, -0.05) is 11.6 Å². The van der Waals surface area contributed by atoms with Gasteiger partial charge in [0.2, 0.25) is 0 Å². The first-order valence-corrected chi connectivity index (χ1v) is 7.60. The molecule has 21 heavy (non-hydrogen) atoms. The van der Waals surface area contributed by atoms with E-state index >= 15 is 0 Å². The molecule has 0 aromatic heterocycles. The first-order valence-electron chi connectivity index (χ1n) is 5.73. The number of halogens is 3. The van der Waals surface area contributed by atoms with Crippen LogP contribution in [0, 0.1) is 18.6 Å². The number of hydrogen-bond donors (Lipinski definition) is 2. The maximum absolute atomic E-state index is 13.3. The van der Waals surface area contributed by atoms with Crippen LogP contribution in [0.1, 0.15) is 5.56 Å². The summed E-state index contributed by atoms with van der Waals surface area (Å²) in [6.07, 6.45) is 0. The predicted octanol–water partition coefficient (Wildman–Crippen LogP) is 3.31. The molecule has 0 aliphatic carbocycles. The molecule has 0 saturated carbocycles. The van der Waals surface area contributed by atoms with Crippen molar-refractivity contribution >= 4 is 33.0 Å².